The van der Waals surface area contributed by atoms with Crippen molar-refractivity contribution in [1.82, 2.24) is 9.80 Å². The fraction of sp³-hybridized carbons (Fsp3) is 0.647. The lowest BCUT2D eigenvalue weighted by atomic mass is 10.0. The lowest BCUT2D eigenvalue weighted by Crippen LogP contribution is -2.50. The highest BCUT2D eigenvalue weighted by atomic mass is 15.2. The highest BCUT2D eigenvalue weighted by Gasteiger charge is 2.27. The van der Waals surface area contributed by atoms with Crippen molar-refractivity contribution in [3.8, 4) is 0 Å². The van der Waals surface area contributed by atoms with Gasteiger partial charge in [0.15, 0.2) is 0 Å². The molecule has 0 amide bonds. The van der Waals surface area contributed by atoms with Gasteiger partial charge in [0.05, 0.1) is 0 Å². The number of anilines is 1. The van der Waals surface area contributed by atoms with Gasteiger partial charge in [-0.25, -0.2) is 0 Å². The third-order valence-corrected chi connectivity index (χ3v) is 5.04. The first kappa shape index (κ1) is 13.9. The highest BCUT2D eigenvalue weighted by Crippen LogP contribution is 2.24. The van der Waals surface area contributed by atoms with Gasteiger partial charge in [-0.05, 0) is 58.0 Å². The molecule has 2 aliphatic rings. The summed E-state index contributed by atoms with van der Waals surface area (Å²) in [5.41, 5.74) is 2.81. The van der Waals surface area contributed by atoms with E-state index in [4.69, 9.17) is 0 Å². The van der Waals surface area contributed by atoms with E-state index < -0.39 is 0 Å². The number of likely N-dealkylation sites (tertiary alicyclic amines) is 1. The number of benzene rings is 1. The van der Waals surface area contributed by atoms with Crippen molar-refractivity contribution in [2.24, 2.45) is 0 Å². The summed E-state index contributed by atoms with van der Waals surface area (Å²) in [5, 5.41) is 3.65. The van der Waals surface area contributed by atoms with E-state index in [0.717, 1.165) is 12.6 Å². The summed E-state index contributed by atoms with van der Waals surface area (Å²) in [6.45, 7) is 3.56. The molecule has 1 fully saturated rings. The fourth-order valence-corrected chi connectivity index (χ4v) is 3.68. The van der Waals surface area contributed by atoms with Crippen LogP contribution in [0.1, 0.15) is 24.8 Å². The summed E-state index contributed by atoms with van der Waals surface area (Å²) >= 11 is 0. The number of piperidine rings is 1. The molecule has 1 N–H and O–H groups in total. The van der Waals surface area contributed by atoms with E-state index >= 15 is 0 Å². The average Bonchev–Trinajstić information content (AvgIpc) is 2.69. The minimum Gasteiger partial charge on any atom is -0.383 e. The monoisotopic (exact) mass is 273 g/mol. The second-order valence-corrected chi connectivity index (χ2v) is 6.45. The van der Waals surface area contributed by atoms with E-state index in [1.165, 1.54) is 50.0 Å². The molecule has 1 aromatic rings. The van der Waals surface area contributed by atoms with Gasteiger partial charge in [0.2, 0.25) is 0 Å². The number of nitrogens with zero attached hydrogens (tertiary/aromatic N) is 2. The molecule has 0 bridgehead atoms. The van der Waals surface area contributed by atoms with E-state index in [2.05, 4.69) is 53.5 Å². The Balaban J connectivity index is 1.64. The number of nitrogens with one attached hydrogen (secondary N) is 1. The van der Waals surface area contributed by atoms with Crippen molar-refractivity contribution in [2.45, 2.75) is 37.8 Å². The van der Waals surface area contributed by atoms with Crippen LogP contribution in [0.2, 0.25) is 0 Å². The van der Waals surface area contributed by atoms with Crippen LogP contribution in [0.15, 0.2) is 24.3 Å². The first-order valence-electron chi connectivity index (χ1n) is 7.96. The molecule has 1 saturated heterocycles. The molecule has 110 valence electrons. The third-order valence-electron chi connectivity index (χ3n) is 5.04. The minimum absolute atomic E-state index is 0.652. The Bertz CT molecular complexity index is 419. The lowest BCUT2D eigenvalue weighted by molar-refractivity contribution is 0.0997. The summed E-state index contributed by atoms with van der Waals surface area (Å²) in [5.74, 6) is 0. The summed E-state index contributed by atoms with van der Waals surface area (Å²) in [6, 6.07) is 10.1. The molecule has 2 heterocycles. The van der Waals surface area contributed by atoms with Crippen LogP contribution in [0.25, 0.3) is 0 Å². The van der Waals surface area contributed by atoms with Crippen molar-refractivity contribution < 1.29 is 0 Å². The first-order chi connectivity index (χ1) is 9.74. The van der Waals surface area contributed by atoms with Gasteiger partial charge in [-0.1, -0.05) is 18.2 Å². The second kappa shape index (κ2) is 6.15. The Morgan fingerprint density at radius 1 is 1.20 bits per heavy atom. The van der Waals surface area contributed by atoms with Crippen LogP contribution >= 0.6 is 0 Å². The molecule has 2 unspecified atom stereocenters. The number of fused-ring (bicyclic) bond motifs is 1. The normalized spacial score (nSPS) is 27.8. The summed E-state index contributed by atoms with van der Waals surface area (Å²) in [4.78, 5) is 5.11. The van der Waals surface area contributed by atoms with Crippen LogP contribution in [0.5, 0.6) is 0 Å². The molecule has 2 aliphatic heterocycles. The molecule has 0 saturated carbocycles. The predicted octanol–water partition coefficient (Wildman–Crippen LogP) is 2.44. The zero-order valence-corrected chi connectivity index (χ0v) is 12.8. The molecule has 20 heavy (non-hydrogen) atoms. The van der Waals surface area contributed by atoms with E-state index in [1.807, 2.05) is 0 Å². The Labute approximate surface area is 123 Å². The number of para-hydroxylation sites is 1. The largest absolute Gasteiger partial charge is 0.383 e. The van der Waals surface area contributed by atoms with Crippen LogP contribution in [-0.4, -0.2) is 55.6 Å². The Kier molecular flexibility index (Phi) is 4.27. The van der Waals surface area contributed by atoms with Crippen molar-refractivity contribution in [3.63, 3.8) is 0 Å². The van der Waals surface area contributed by atoms with Crippen molar-refractivity contribution in [3.05, 3.63) is 29.8 Å². The van der Waals surface area contributed by atoms with Gasteiger partial charge in [0, 0.05) is 30.9 Å². The van der Waals surface area contributed by atoms with Gasteiger partial charge in [-0.15, -0.1) is 0 Å². The Hall–Kier alpha value is -1.06. The molecule has 1 aromatic carbocycles. The summed E-state index contributed by atoms with van der Waals surface area (Å²) in [6.07, 6.45) is 5.15. The molecular weight excluding hydrogens is 246 g/mol. The standard InChI is InChI=1S/C17H27N3/c1-19-11-5-7-16(13-19)20(2)15-10-9-14-6-3-4-8-17(14)18-12-15/h3-4,6,8,15-16,18H,5,7,9-13H2,1-2H3. The molecular formula is C17H27N3. The van der Waals surface area contributed by atoms with Crippen LogP contribution in [0.3, 0.4) is 0 Å². The zero-order chi connectivity index (χ0) is 13.9. The molecule has 3 rings (SSSR count). The maximum atomic E-state index is 3.65. The van der Waals surface area contributed by atoms with Gasteiger partial charge >= 0.3 is 0 Å². The predicted molar refractivity (Wildman–Crippen MR) is 85.3 cm³/mol. The van der Waals surface area contributed by atoms with Crippen LogP contribution in [0, 0.1) is 0 Å². The van der Waals surface area contributed by atoms with E-state index in [0.29, 0.717) is 6.04 Å². The Morgan fingerprint density at radius 3 is 2.90 bits per heavy atom. The van der Waals surface area contributed by atoms with Crippen molar-refractivity contribution in [1.29, 1.82) is 0 Å². The van der Waals surface area contributed by atoms with Crippen molar-refractivity contribution in [2.75, 3.05) is 39.0 Å². The van der Waals surface area contributed by atoms with Crippen LogP contribution in [0.4, 0.5) is 5.69 Å². The smallest absolute Gasteiger partial charge is 0.0373 e. The summed E-state index contributed by atoms with van der Waals surface area (Å²) < 4.78 is 0. The van der Waals surface area contributed by atoms with Gasteiger partial charge in [-0.2, -0.15) is 0 Å². The molecule has 2 atom stereocenters. The topological polar surface area (TPSA) is 18.5 Å². The molecule has 0 aromatic heterocycles. The number of hydrogen-bond donors (Lipinski definition) is 1. The number of hydrogen-bond acceptors (Lipinski definition) is 3. The van der Waals surface area contributed by atoms with Gasteiger partial charge in [-0.3, -0.25) is 4.90 Å². The number of aryl methyl sites for hydroxylation is 1. The van der Waals surface area contributed by atoms with E-state index in [1.54, 1.807) is 0 Å². The van der Waals surface area contributed by atoms with Crippen molar-refractivity contribution >= 4 is 5.69 Å². The van der Waals surface area contributed by atoms with E-state index in [9.17, 15) is 0 Å². The maximum absolute atomic E-state index is 3.65. The molecule has 0 aliphatic carbocycles. The SMILES string of the molecule is CN1CCCC(N(C)C2CCc3ccccc3NC2)C1. The third kappa shape index (κ3) is 2.99. The first-order valence-corrected chi connectivity index (χ1v) is 7.96. The van der Waals surface area contributed by atoms with Crippen LogP contribution in [-0.2, 0) is 6.42 Å². The highest BCUT2D eigenvalue weighted by molar-refractivity contribution is 5.52. The van der Waals surface area contributed by atoms with Gasteiger partial charge in [0.25, 0.3) is 0 Å². The lowest BCUT2D eigenvalue weighted by Gasteiger charge is -2.39. The van der Waals surface area contributed by atoms with E-state index in [-0.39, 0.29) is 0 Å². The second-order valence-electron chi connectivity index (χ2n) is 6.45. The quantitative estimate of drug-likeness (QED) is 0.893. The maximum Gasteiger partial charge on any atom is 0.0373 e. The van der Waals surface area contributed by atoms with Gasteiger partial charge < -0.3 is 10.2 Å². The molecule has 0 spiro atoms. The zero-order valence-electron chi connectivity index (χ0n) is 12.8. The molecule has 3 heteroatoms. The molecule has 3 nitrogen and oxygen atoms in total. The molecule has 0 radical (unpaired) electrons. The average molecular weight is 273 g/mol. The van der Waals surface area contributed by atoms with Crippen LogP contribution < -0.4 is 5.32 Å². The summed E-state index contributed by atoms with van der Waals surface area (Å²) in [7, 11) is 4.58. The minimum atomic E-state index is 0.652. The van der Waals surface area contributed by atoms with Gasteiger partial charge in [0.1, 0.15) is 0 Å². The number of likely N-dealkylation sites (N-methyl/N-ethyl adjacent to an activating group) is 2. The fourth-order valence-electron chi connectivity index (χ4n) is 3.68. The number of rotatable bonds is 2. The Morgan fingerprint density at radius 2 is 2.05 bits per heavy atom.